The summed E-state index contributed by atoms with van der Waals surface area (Å²) in [6, 6.07) is 0. The predicted molar refractivity (Wildman–Crippen MR) is 73.0 cm³/mol. The van der Waals surface area contributed by atoms with E-state index in [-0.39, 0.29) is 11.8 Å². The Morgan fingerprint density at radius 3 is 1.83 bits per heavy atom. The van der Waals surface area contributed by atoms with Crippen LogP contribution in [0.5, 0.6) is 0 Å². The van der Waals surface area contributed by atoms with E-state index in [1.54, 1.807) is 13.8 Å². The molecule has 0 aliphatic carbocycles. The van der Waals surface area contributed by atoms with Gasteiger partial charge in [0.1, 0.15) is 0 Å². The molecule has 0 aliphatic rings. The Morgan fingerprint density at radius 1 is 1.06 bits per heavy atom. The Hall–Kier alpha value is -0.200. The van der Waals surface area contributed by atoms with Crippen molar-refractivity contribution in [3.8, 4) is 0 Å². The number of aliphatic hydroxyl groups excluding tert-OH is 1. The maximum atomic E-state index is 8.87. The lowest BCUT2D eigenvalue weighted by atomic mass is 10.1. The minimum Gasteiger partial charge on any atom is -0.368 e. The molecule has 0 bridgehead atoms. The van der Waals surface area contributed by atoms with E-state index in [1.165, 1.54) is 6.92 Å². The maximum Gasteiger partial charge on any atom is 0.161 e. The van der Waals surface area contributed by atoms with Crippen molar-refractivity contribution in [2.45, 2.75) is 79.3 Å². The van der Waals surface area contributed by atoms with Gasteiger partial charge in [-0.15, -0.1) is 0 Å². The zero-order chi connectivity index (χ0) is 14.8. The third kappa shape index (κ3) is 24.9. The van der Waals surface area contributed by atoms with Crippen LogP contribution in [0.25, 0.3) is 0 Å². The van der Waals surface area contributed by atoms with Gasteiger partial charge < -0.3 is 25.1 Å². The largest absolute Gasteiger partial charge is 0.368 e. The highest BCUT2D eigenvalue weighted by molar-refractivity contribution is 4.60. The van der Waals surface area contributed by atoms with Crippen LogP contribution in [0.4, 0.5) is 0 Å². The molecule has 0 saturated heterocycles. The molecule has 5 heteroatoms. The molecular formula is C13H31NO4. The van der Waals surface area contributed by atoms with Crippen LogP contribution in [0.2, 0.25) is 0 Å². The molecule has 0 aromatic carbocycles. The van der Waals surface area contributed by atoms with Gasteiger partial charge in [-0.25, -0.2) is 0 Å². The molecule has 0 aromatic heterocycles. The highest BCUT2D eigenvalue weighted by Crippen LogP contribution is 2.03. The summed E-state index contributed by atoms with van der Waals surface area (Å²) >= 11 is 0. The van der Waals surface area contributed by atoms with Gasteiger partial charge in [-0.2, -0.15) is 0 Å². The second kappa shape index (κ2) is 10.7. The molecule has 112 valence electrons. The summed E-state index contributed by atoms with van der Waals surface area (Å²) in [4.78, 5) is 0. The van der Waals surface area contributed by atoms with Gasteiger partial charge in [-0.05, 0) is 48.0 Å². The highest BCUT2D eigenvalue weighted by atomic mass is 16.8. The zero-order valence-electron chi connectivity index (χ0n) is 12.9. The quantitative estimate of drug-likeness (QED) is 0.690. The summed E-state index contributed by atoms with van der Waals surface area (Å²) in [5.74, 6) is 0. The molecular weight excluding hydrogens is 234 g/mol. The number of nitrogens with two attached hydrogens (primary N) is 1. The van der Waals surface area contributed by atoms with Crippen LogP contribution < -0.4 is 5.73 Å². The average Bonchev–Trinajstić information content (AvgIpc) is 2.10. The lowest BCUT2D eigenvalue weighted by Crippen LogP contribution is -2.26. The highest BCUT2D eigenvalue weighted by Gasteiger charge is 2.10. The molecule has 3 N–H and O–H groups in total. The molecule has 0 fully saturated rings. The van der Waals surface area contributed by atoms with Crippen LogP contribution in [0.15, 0.2) is 0 Å². The van der Waals surface area contributed by atoms with E-state index < -0.39 is 12.6 Å². The third-order valence-corrected chi connectivity index (χ3v) is 1.33. The summed E-state index contributed by atoms with van der Waals surface area (Å²) in [6.07, 6.45) is -0.603. The minimum absolute atomic E-state index is 0. The minimum atomic E-state index is -0.812. The molecule has 18 heavy (non-hydrogen) atoms. The van der Waals surface area contributed by atoms with E-state index in [1.807, 2.05) is 27.7 Å². The van der Waals surface area contributed by atoms with Crippen LogP contribution in [0.1, 0.15) is 54.9 Å². The Balaban J connectivity index is 0. The normalized spacial score (nSPS) is 16.5. The predicted octanol–water partition coefficient (Wildman–Crippen LogP) is 2.22. The molecule has 0 rings (SSSR count). The summed E-state index contributed by atoms with van der Waals surface area (Å²) < 4.78 is 15.5. The van der Waals surface area contributed by atoms with Crippen molar-refractivity contribution in [3.05, 3.63) is 0 Å². The summed E-state index contributed by atoms with van der Waals surface area (Å²) in [6.45, 7) is 13.7. The van der Waals surface area contributed by atoms with Crippen molar-refractivity contribution in [1.29, 1.82) is 0 Å². The summed E-state index contributed by atoms with van der Waals surface area (Å²) in [5.41, 5.74) is 5.35. The second-order valence-electron chi connectivity index (χ2n) is 5.24. The molecule has 3 unspecified atom stereocenters. The first-order valence-electron chi connectivity index (χ1n) is 6.45. The first-order chi connectivity index (χ1) is 8.06. The number of aliphatic hydroxyl groups is 1. The maximum absolute atomic E-state index is 8.87. The fourth-order valence-corrected chi connectivity index (χ4v) is 0.902. The standard InChI is InChI=1S/C9H20O4.C4H11N/c1-5-6-11-8(3)13-9(4)12-7(2)10;1-4(2,3)5/h7-10H,5-6H2,1-4H3;5H2,1-3H3. The van der Waals surface area contributed by atoms with Gasteiger partial charge in [0, 0.05) is 12.1 Å². The van der Waals surface area contributed by atoms with Crippen LogP contribution >= 0.6 is 0 Å². The molecule has 0 saturated carbocycles. The molecule has 3 atom stereocenters. The number of hydrogen-bond acceptors (Lipinski definition) is 5. The van der Waals surface area contributed by atoms with E-state index in [4.69, 9.17) is 25.1 Å². The lowest BCUT2D eigenvalue weighted by molar-refractivity contribution is -0.270. The van der Waals surface area contributed by atoms with Gasteiger partial charge in [0.05, 0.1) is 0 Å². The Morgan fingerprint density at radius 2 is 1.50 bits per heavy atom. The van der Waals surface area contributed by atoms with Gasteiger partial charge in [0.2, 0.25) is 0 Å². The third-order valence-electron chi connectivity index (χ3n) is 1.33. The first-order valence-corrected chi connectivity index (χ1v) is 6.45. The van der Waals surface area contributed by atoms with Crippen molar-refractivity contribution < 1.29 is 19.3 Å². The van der Waals surface area contributed by atoms with Gasteiger partial charge in [0.25, 0.3) is 0 Å². The van der Waals surface area contributed by atoms with Crippen molar-refractivity contribution >= 4 is 0 Å². The van der Waals surface area contributed by atoms with Crippen LogP contribution in [0.3, 0.4) is 0 Å². The second-order valence-corrected chi connectivity index (χ2v) is 5.24. The fourth-order valence-electron chi connectivity index (χ4n) is 0.902. The van der Waals surface area contributed by atoms with Crippen molar-refractivity contribution in [3.63, 3.8) is 0 Å². The average molecular weight is 265 g/mol. The first kappa shape index (κ1) is 20.1. The van der Waals surface area contributed by atoms with E-state index in [2.05, 4.69) is 0 Å². The molecule has 0 spiro atoms. The molecule has 5 nitrogen and oxygen atoms in total. The van der Waals surface area contributed by atoms with Crippen LogP contribution in [-0.2, 0) is 14.2 Å². The van der Waals surface area contributed by atoms with Crippen molar-refractivity contribution in [2.24, 2.45) is 5.73 Å². The van der Waals surface area contributed by atoms with Crippen molar-refractivity contribution in [1.82, 2.24) is 0 Å². The molecule has 0 radical (unpaired) electrons. The number of rotatable bonds is 7. The van der Waals surface area contributed by atoms with Crippen molar-refractivity contribution in [2.75, 3.05) is 6.61 Å². The fraction of sp³-hybridized carbons (Fsp3) is 1.00. The Labute approximate surface area is 112 Å². The monoisotopic (exact) mass is 265 g/mol. The Kier molecular flexibility index (Phi) is 12.0. The lowest BCUT2D eigenvalue weighted by Gasteiger charge is -2.20. The molecule has 0 amide bonds. The van der Waals surface area contributed by atoms with Crippen LogP contribution in [0, 0.1) is 0 Å². The van der Waals surface area contributed by atoms with Gasteiger partial charge in [-0.1, -0.05) is 6.92 Å². The van der Waals surface area contributed by atoms with E-state index >= 15 is 0 Å². The summed E-state index contributed by atoms with van der Waals surface area (Å²) in [5, 5.41) is 8.87. The van der Waals surface area contributed by atoms with Gasteiger partial charge in [-0.3, -0.25) is 0 Å². The number of hydrogen-bond donors (Lipinski definition) is 2. The topological polar surface area (TPSA) is 73.9 Å². The van der Waals surface area contributed by atoms with E-state index in [0.717, 1.165) is 6.42 Å². The smallest absolute Gasteiger partial charge is 0.161 e. The van der Waals surface area contributed by atoms with Gasteiger partial charge in [0.15, 0.2) is 18.9 Å². The zero-order valence-corrected chi connectivity index (χ0v) is 12.9. The molecule has 0 heterocycles. The molecule has 0 aliphatic heterocycles. The molecule has 0 aromatic rings. The van der Waals surface area contributed by atoms with Gasteiger partial charge >= 0.3 is 0 Å². The number of ether oxygens (including phenoxy) is 3. The Bertz CT molecular complexity index is 174. The van der Waals surface area contributed by atoms with Crippen LogP contribution in [-0.4, -0.2) is 36.1 Å². The summed E-state index contributed by atoms with van der Waals surface area (Å²) in [7, 11) is 0. The SMILES string of the molecule is CC(C)(C)N.CCCOC(C)OC(C)OC(C)O. The van der Waals surface area contributed by atoms with E-state index in [9.17, 15) is 0 Å². The van der Waals surface area contributed by atoms with E-state index in [0.29, 0.717) is 6.61 Å².